The molecule has 0 N–H and O–H groups in total. The lowest BCUT2D eigenvalue weighted by Gasteiger charge is -2.43. The van der Waals surface area contributed by atoms with E-state index in [1.54, 1.807) is 0 Å². The van der Waals surface area contributed by atoms with Gasteiger partial charge < -0.3 is 14.5 Å². The Morgan fingerprint density at radius 1 is 0.537 bits per heavy atom. The lowest BCUT2D eigenvalue weighted by molar-refractivity contribution is 0.477. The molecule has 1 aliphatic carbocycles. The second-order valence-corrected chi connectivity index (χ2v) is 14.5. The van der Waals surface area contributed by atoms with Gasteiger partial charge in [0, 0.05) is 33.8 Å². The van der Waals surface area contributed by atoms with Crippen LogP contribution in [0.5, 0.6) is 11.5 Å². The molecule has 10 rings (SSSR count). The number of ether oxygens (including phenoxy) is 1. The summed E-state index contributed by atoms with van der Waals surface area (Å²) in [6, 6.07) is 50.9. The van der Waals surface area contributed by atoms with E-state index in [2.05, 4.69) is 151 Å². The van der Waals surface area contributed by atoms with Gasteiger partial charge in [-0.1, -0.05) is 111 Å². The van der Waals surface area contributed by atoms with Gasteiger partial charge in [-0.15, -0.1) is 0 Å². The summed E-state index contributed by atoms with van der Waals surface area (Å²) in [7, 11) is 0. The molecule has 3 aliphatic rings. The Kier molecular flexibility index (Phi) is 7.51. The van der Waals surface area contributed by atoms with E-state index in [0.29, 0.717) is 11.6 Å². The van der Waals surface area contributed by atoms with Crippen molar-refractivity contribution >= 4 is 34.1 Å². The van der Waals surface area contributed by atoms with Crippen molar-refractivity contribution in [1.82, 2.24) is 15.0 Å². The Hall–Kier alpha value is -6.79. The van der Waals surface area contributed by atoms with Crippen LogP contribution in [0.1, 0.15) is 43.1 Å². The van der Waals surface area contributed by atoms with E-state index in [-0.39, 0.29) is 11.3 Å². The van der Waals surface area contributed by atoms with Gasteiger partial charge in [0.1, 0.15) is 5.82 Å². The zero-order valence-electron chi connectivity index (χ0n) is 30.1. The van der Waals surface area contributed by atoms with Crippen molar-refractivity contribution in [2.24, 2.45) is 0 Å². The molecule has 6 heteroatoms. The van der Waals surface area contributed by atoms with Gasteiger partial charge in [-0.25, -0.2) is 15.0 Å². The Labute approximate surface area is 315 Å². The lowest BCUT2D eigenvalue weighted by atomic mass is 9.73. The average Bonchev–Trinajstić information content (AvgIpc) is 3.23. The Balaban J connectivity index is 1.08. The molecule has 0 radical (unpaired) electrons. The third-order valence-electron chi connectivity index (χ3n) is 10.8. The lowest BCUT2D eigenvalue weighted by Crippen LogP contribution is -2.31. The number of allylic oxidation sites excluding steroid dienone is 4. The number of hydrogen-bond donors (Lipinski definition) is 0. The number of aromatic nitrogens is 3. The summed E-state index contributed by atoms with van der Waals surface area (Å²) >= 11 is 0. The molecule has 3 heterocycles. The molecule has 2 aliphatic heterocycles. The van der Waals surface area contributed by atoms with E-state index in [4.69, 9.17) is 19.7 Å². The van der Waals surface area contributed by atoms with Crippen LogP contribution >= 0.6 is 0 Å². The zero-order chi connectivity index (χ0) is 36.2. The number of para-hydroxylation sites is 5. The molecule has 1 aromatic heterocycles. The van der Waals surface area contributed by atoms with Crippen LogP contribution in [0.25, 0.3) is 22.8 Å². The highest BCUT2D eigenvalue weighted by Gasteiger charge is 2.38. The largest absolute Gasteiger partial charge is 0.453 e. The topological polar surface area (TPSA) is 54.4 Å². The van der Waals surface area contributed by atoms with Crippen LogP contribution in [0.4, 0.5) is 34.1 Å². The van der Waals surface area contributed by atoms with Crippen LogP contribution in [-0.2, 0) is 5.41 Å². The molecule has 0 saturated carbocycles. The van der Waals surface area contributed by atoms with Crippen LogP contribution in [0.3, 0.4) is 0 Å². The summed E-state index contributed by atoms with van der Waals surface area (Å²) in [5.74, 6) is 3.93. The third-order valence-corrected chi connectivity index (χ3v) is 10.8. The quantitative estimate of drug-likeness (QED) is 0.178. The first kappa shape index (κ1) is 31.9. The van der Waals surface area contributed by atoms with Crippen molar-refractivity contribution < 1.29 is 4.74 Å². The van der Waals surface area contributed by atoms with Gasteiger partial charge in [0.25, 0.3) is 0 Å². The number of anilines is 6. The summed E-state index contributed by atoms with van der Waals surface area (Å²) in [4.78, 5) is 19.7. The van der Waals surface area contributed by atoms with Crippen LogP contribution in [-0.4, -0.2) is 15.0 Å². The van der Waals surface area contributed by atoms with Crippen molar-refractivity contribution in [2.45, 2.75) is 31.6 Å². The van der Waals surface area contributed by atoms with E-state index >= 15 is 0 Å². The summed E-state index contributed by atoms with van der Waals surface area (Å²) in [5.41, 5.74) is 10.7. The van der Waals surface area contributed by atoms with E-state index in [0.717, 1.165) is 63.3 Å². The van der Waals surface area contributed by atoms with Crippen LogP contribution < -0.4 is 14.5 Å². The summed E-state index contributed by atoms with van der Waals surface area (Å²) in [6.45, 7) is 4.66. The van der Waals surface area contributed by atoms with E-state index in [9.17, 15) is 0 Å². The average molecular weight is 700 g/mol. The predicted octanol–water partition coefficient (Wildman–Crippen LogP) is 12.5. The number of benzene rings is 6. The fraction of sp³-hybridized carbons (Fsp3) is 0.104. The molecule has 1 atom stereocenters. The summed E-state index contributed by atoms with van der Waals surface area (Å²) < 4.78 is 6.34. The van der Waals surface area contributed by atoms with Gasteiger partial charge in [-0.2, -0.15) is 0 Å². The third kappa shape index (κ3) is 5.29. The van der Waals surface area contributed by atoms with Crippen LogP contribution in [0, 0.1) is 0 Å². The van der Waals surface area contributed by atoms with E-state index in [1.165, 1.54) is 16.8 Å². The normalized spacial score (nSPS) is 16.1. The summed E-state index contributed by atoms with van der Waals surface area (Å²) in [6.07, 6.45) is 9.36. The molecule has 6 nitrogen and oxygen atoms in total. The van der Waals surface area contributed by atoms with Crippen molar-refractivity contribution in [1.29, 1.82) is 0 Å². The Morgan fingerprint density at radius 3 is 1.80 bits per heavy atom. The van der Waals surface area contributed by atoms with Crippen molar-refractivity contribution in [2.75, 3.05) is 9.80 Å². The molecular formula is C48H37N5O. The zero-order valence-corrected chi connectivity index (χ0v) is 30.1. The van der Waals surface area contributed by atoms with Gasteiger partial charge in [0.05, 0.1) is 22.7 Å². The highest BCUT2D eigenvalue weighted by molar-refractivity contribution is 5.91. The SMILES string of the molecule is CC1(C)c2ccccc2N(c2ccc(-c3nc(-c4ccccc4)nc(C4C=CC=CC4)n3)cc2)c2ccc(N3c4ccccc4Oc4ccccc43)cc21. The Bertz CT molecular complexity index is 2560. The number of nitrogens with zero attached hydrogens (tertiary/aromatic N) is 5. The number of fused-ring (bicyclic) bond motifs is 4. The van der Waals surface area contributed by atoms with Crippen LogP contribution in [0.15, 0.2) is 170 Å². The monoisotopic (exact) mass is 699 g/mol. The molecule has 7 aromatic rings. The summed E-state index contributed by atoms with van der Waals surface area (Å²) in [5, 5.41) is 0. The van der Waals surface area contributed by atoms with Crippen molar-refractivity contribution in [3.05, 3.63) is 187 Å². The second-order valence-electron chi connectivity index (χ2n) is 14.5. The van der Waals surface area contributed by atoms with Gasteiger partial charge in [-0.3, -0.25) is 0 Å². The van der Waals surface area contributed by atoms with Gasteiger partial charge in [0.2, 0.25) is 0 Å². The smallest absolute Gasteiger partial charge is 0.163 e. The predicted molar refractivity (Wildman–Crippen MR) is 218 cm³/mol. The molecule has 6 aromatic carbocycles. The molecule has 0 saturated heterocycles. The van der Waals surface area contributed by atoms with Gasteiger partial charge in [0.15, 0.2) is 23.1 Å². The van der Waals surface area contributed by atoms with Crippen LogP contribution in [0.2, 0.25) is 0 Å². The molecule has 1 unspecified atom stereocenters. The first-order chi connectivity index (χ1) is 26.5. The molecule has 0 spiro atoms. The first-order valence-corrected chi connectivity index (χ1v) is 18.5. The van der Waals surface area contributed by atoms with E-state index < -0.39 is 0 Å². The number of rotatable bonds is 5. The molecule has 0 bridgehead atoms. The van der Waals surface area contributed by atoms with E-state index in [1.807, 2.05) is 42.5 Å². The molecule has 260 valence electrons. The second kappa shape index (κ2) is 12.7. The molecule has 0 amide bonds. The maximum atomic E-state index is 6.34. The minimum Gasteiger partial charge on any atom is -0.453 e. The molecule has 54 heavy (non-hydrogen) atoms. The fourth-order valence-electron chi connectivity index (χ4n) is 8.03. The maximum absolute atomic E-state index is 6.34. The first-order valence-electron chi connectivity index (χ1n) is 18.5. The Morgan fingerprint density at radius 2 is 1.11 bits per heavy atom. The highest BCUT2D eigenvalue weighted by atomic mass is 16.5. The van der Waals surface area contributed by atoms with Crippen molar-refractivity contribution in [3.63, 3.8) is 0 Å². The standard InChI is InChI=1S/C48H37N5O/c1-48(2)37-19-9-10-20-39(37)52(40-30-29-36(31-38(40)48)53-41-21-11-13-23-43(41)54-44-24-14-12-22-42(44)53)35-27-25-34(26-28-35)47-50-45(32-15-5-3-6-16-32)49-46(51-47)33-17-7-4-8-18-33/h3-17,19-31,33H,18H2,1-2H3. The van der Waals surface area contributed by atoms with Gasteiger partial charge in [-0.05, 0) is 90.3 Å². The molecular weight excluding hydrogens is 663 g/mol. The molecule has 0 fully saturated rings. The van der Waals surface area contributed by atoms with Gasteiger partial charge >= 0.3 is 0 Å². The maximum Gasteiger partial charge on any atom is 0.163 e. The van der Waals surface area contributed by atoms with Crippen molar-refractivity contribution in [3.8, 4) is 34.3 Å². The minimum absolute atomic E-state index is 0.104. The minimum atomic E-state index is -0.262. The highest BCUT2D eigenvalue weighted by Crippen LogP contribution is 2.55. The number of hydrogen-bond acceptors (Lipinski definition) is 6. The fourth-order valence-corrected chi connectivity index (χ4v) is 8.03.